The third kappa shape index (κ3) is 5.07. The van der Waals surface area contributed by atoms with Gasteiger partial charge in [-0.15, -0.1) is 0 Å². The van der Waals surface area contributed by atoms with Crippen LogP contribution in [0.15, 0.2) is 81.2 Å². The zero-order valence-corrected chi connectivity index (χ0v) is 20.6. The van der Waals surface area contributed by atoms with Crippen molar-refractivity contribution in [1.29, 1.82) is 0 Å². The number of rotatable bonds is 5. The minimum Gasteiger partial charge on any atom is -0.488 e. The number of hydrogen-bond donors (Lipinski definition) is 1. The van der Waals surface area contributed by atoms with E-state index < -0.39 is 17.8 Å². The lowest BCUT2D eigenvalue weighted by Gasteiger charge is -2.26. The van der Waals surface area contributed by atoms with Gasteiger partial charge in [-0.25, -0.2) is 9.69 Å². The van der Waals surface area contributed by atoms with Gasteiger partial charge in [0.2, 0.25) is 0 Å². The molecule has 0 radical (unpaired) electrons. The minimum absolute atomic E-state index is 0.135. The summed E-state index contributed by atoms with van der Waals surface area (Å²) in [5.74, 6) is -0.805. The second kappa shape index (κ2) is 9.72. The number of nitrogens with zero attached hydrogens (tertiary/aromatic N) is 1. The highest BCUT2D eigenvalue weighted by atomic mass is 79.9. The molecular formula is C25H18Br2N2O4. The molecule has 3 aromatic carbocycles. The molecule has 6 nitrogen and oxygen atoms in total. The van der Waals surface area contributed by atoms with E-state index >= 15 is 0 Å². The van der Waals surface area contributed by atoms with Crippen molar-refractivity contribution >= 4 is 61.5 Å². The van der Waals surface area contributed by atoms with E-state index in [2.05, 4.69) is 37.2 Å². The lowest BCUT2D eigenvalue weighted by atomic mass is 10.1. The summed E-state index contributed by atoms with van der Waals surface area (Å²) in [5.41, 5.74) is 2.84. The van der Waals surface area contributed by atoms with Gasteiger partial charge in [0.05, 0.1) is 10.2 Å². The van der Waals surface area contributed by atoms with E-state index in [0.717, 1.165) is 20.5 Å². The zero-order chi connectivity index (χ0) is 23.5. The number of urea groups is 1. The van der Waals surface area contributed by atoms with E-state index in [1.165, 1.54) is 6.08 Å². The molecule has 166 valence electrons. The number of barbiturate groups is 1. The maximum Gasteiger partial charge on any atom is 0.335 e. The van der Waals surface area contributed by atoms with Gasteiger partial charge in [0.25, 0.3) is 11.8 Å². The van der Waals surface area contributed by atoms with Crippen molar-refractivity contribution in [2.75, 3.05) is 4.90 Å². The lowest BCUT2D eigenvalue weighted by molar-refractivity contribution is -0.122. The van der Waals surface area contributed by atoms with Crippen molar-refractivity contribution in [3.8, 4) is 5.75 Å². The van der Waals surface area contributed by atoms with Gasteiger partial charge in [0, 0.05) is 10.0 Å². The SMILES string of the molecule is Cc1ccc(N2C(=O)NC(=O)/C(=C\c3ccc(OCc4ccccc4Br)c(Br)c3)C2=O)cc1. The highest BCUT2D eigenvalue weighted by molar-refractivity contribution is 9.10. The average Bonchev–Trinajstić information content (AvgIpc) is 2.78. The van der Waals surface area contributed by atoms with Crippen LogP contribution in [0.5, 0.6) is 5.75 Å². The number of aryl methyl sites for hydroxylation is 1. The smallest absolute Gasteiger partial charge is 0.335 e. The number of imide groups is 2. The van der Waals surface area contributed by atoms with E-state index in [1.54, 1.807) is 42.5 Å². The molecule has 1 N–H and O–H groups in total. The third-order valence-electron chi connectivity index (χ3n) is 5.00. The normalized spacial score (nSPS) is 15.1. The Morgan fingerprint density at radius 1 is 0.939 bits per heavy atom. The fourth-order valence-corrected chi connectivity index (χ4v) is 4.16. The number of benzene rings is 3. The molecule has 0 atom stereocenters. The Kier molecular flexibility index (Phi) is 6.76. The molecule has 3 aromatic rings. The maximum atomic E-state index is 13.0. The summed E-state index contributed by atoms with van der Waals surface area (Å²) in [6.07, 6.45) is 1.45. The van der Waals surface area contributed by atoms with E-state index in [9.17, 15) is 14.4 Å². The van der Waals surface area contributed by atoms with Crippen molar-refractivity contribution in [2.24, 2.45) is 0 Å². The molecule has 33 heavy (non-hydrogen) atoms. The topological polar surface area (TPSA) is 75.7 Å². The highest BCUT2D eigenvalue weighted by Crippen LogP contribution is 2.29. The average molecular weight is 570 g/mol. The first kappa shape index (κ1) is 22.9. The summed E-state index contributed by atoms with van der Waals surface area (Å²) in [5, 5.41) is 2.23. The molecule has 0 saturated carbocycles. The van der Waals surface area contributed by atoms with Crippen LogP contribution in [-0.2, 0) is 16.2 Å². The molecule has 0 aromatic heterocycles. The van der Waals surface area contributed by atoms with Crippen molar-refractivity contribution in [2.45, 2.75) is 13.5 Å². The van der Waals surface area contributed by atoms with Crippen LogP contribution in [0.1, 0.15) is 16.7 Å². The Morgan fingerprint density at radius 2 is 1.67 bits per heavy atom. The summed E-state index contributed by atoms with van der Waals surface area (Å²) in [7, 11) is 0. The predicted molar refractivity (Wildman–Crippen MR) is 133 cm³/mol. The van der Waals surface area contributed by atoms with E-state index in [4.69, 9.17) is 4.74 Å². The Balaban J connectivity index is 1.57. The fourth-order valence-electron chi connectivity index (χ4n) is 3.25. The van der Waals surface area contributed by atoms with Crippen molar-refractivity contribution in [3.05, 3.63) is 97.9 Å². The maximum absolute atomic E-state index is 13.0. The molecule has 1 aliphatic heterocycles. The van der Waals surface area contributed by atoms with Gasteiger partial charge in [-0.2, -0.15) is 0 Å². The highest BCUT2D eigenvalue weighted by Gasteiger charge is 2.36. The Morgan fingerprint density at radius 3 is 2.36 bits per heavy atom. The summed E-state index contributed by atoms with van der Waals surface area (Å²) in [4.78, 5) is 38.7. The van der Waals surface area contributed by atoms with Gasteiger partial charge in [0.1, 0.15) is 17.9 Å². The molecule has 1 heterocycles. The van der Waals surface area contributed by atoms with Gasteiger partial charge in [0.15, 0.2) is 0 Å². The lowest BCUT2D eigenvalue weighted by Crippen LogP contribution is -2.54. The van der Waals surface area contributed by atoms with Gasteiger partial charge in [-0.05, 0) is 64.8 Å². The van der Waals surface area contributed by atoms with Crippen molar-refractivity contribution < 1.29 is 19.1 Å². The van der Waals surface area contributed by atoms with Gasteiger partial charge in [-0.3, -0.25) is 14.9 Å². The minimum atomic E-state index is -0.775. The van der Waals surface area contributed by atoms with Crippen LogP contribution in [0.4, 0.5) is 10.5 Å². The van der Waals surface area contributed by atoms with E-state index in [1.807, 2.05) is 31.2 Å². The van der Waals surface area contributed by atoms with Crippen LogP contribution in [0.3, 0.4) is 0 Å². The summed E-state index contributed by atoms with van der Waals surface area (Å²) >= 11 is 6.98. The Bertz CT molecular complexity index is 1290. The van der Waals surface area contributed by atoms with Gasteiger partial charge >= 0.3 is 6.03 Å². The summed E-state index contributed by atoms with van der Waals surface area (Å²) in [6, 6.07) is 19.1. The molecular weight excluding hydrogens is 552 g/mol. The van der Waals surface area contributed by atoms with Gasteiger partial charge in [-0.1, -0.05) is 57.9 Å². The van der Waals surface area contributed by atoms with E-state index in [-0.39, 0.29) is 5.57 Å². The Hall–Kier alpha value is -3.23. The second-order valence-corrected chi connectivity index (χ2v) is 9.07. The number of amides is 4. The van der Waals surface area contributed by atoms with Crippen LogP contribution >= 0.6 is 31.9 Å². The van der Waals surface area contributed by atoms with Gasteiger partial charge < -0.3 is 4.74 Å². The standard InChI is InChI=1S/C25H18Br2N2O4/c1-15-6-9-18(10-7-15)29-24(31)19(23(30)28-25(29)32)12-16-8-11-22(21(27)13-16)33-14-17-4-2-3-5-20(17)26/h2-13H,14H2,1H3,(H,28,30,32)/b19-12+. The number of hydrogen-bond acceptors (Lipinski definition) is 4. The number of anilines is 1. The molecule has 1 aliphatic rings. The first-order valence-electron chi connectivity index (χ1n) is 9.97. The number of nitrogens with one attached hydrogen (secondary N) is 1. The van der Waals surface area contributed by atoms with Crippen LogP contribution in [0.25, 0.3) is 6.08 Å². The quantitative estimate of drug-likeness (QED) is 0.313. The number of halogens is 2. The first-order valence-corrected chi connectivity index (χ1v) is 11.6. The third-order valence-corrected chi connectivity index (χ3v) is 6.40. The largest absolute Gasteiger partial charge is 0.488 e. The molecule has 4 rings (SSSR count). The van der Waals surface area contributed by atoms with Crippen LogP contribution < -0.4 is 15.0 Å². The summed E-state index contributed by atoms with van der Waals surface area (Å²) < 4.78 is 7.51. The van der Waals surface area contributed by atoms with Crippen LogP contribution in [0.2, 0.25) is 0 Å². The molecule has 8 heteroatoms. The number of carbonyl (C=O) groups excluding carboxylic acids is 3. The number of carbonyl (C=O) groups is 3. The molecule has 4 amide bonds. The zero-order valence-electron chi connectivity index (χ0n) is 17.5. The molecule has 0 bridgehead atoms. The molecule has 0 aliphatic carbocycles. The second-order valence-electron chi connectivity index (χ2n) is 7.36. The van der Waals surface area contributed by atoms with Crippen LogP contribution in [-0.4, -0.2) is 17.8 Å². The number of ether oxygens (including phenoxy) is 1. The fraction of sp³-hybridized carbons (Fsp3) is 0.0800. The Labute approximate surface area is 207 Å². The van der Waals surface area contributed by atoms with E-state index in [0.29, 0.717) is 28.1 Å². The van der Waals surface area contributed by atoms with Crippen LogP contribution in [0, 0.1) is 6.92 Å². The first-order chi connectivity index (χ1) is 15.8. The molecule has 0 spiro atoms. The van der Waals surface area contributed by atoms with Crippen molar-refractivity contribution in [1.82, 2.24) is 5.32 Å². The summed E-state index contributed by atoms with van der Waals surface area (Å²) in [6.45, 7) is 2.27. The molecule has 1 saturated heterocycles. The molecule has 0 unspecified atom stereocenters. The van der Waals surface area contributed by atoms with Crippen molar-refractivity contribution in [3.63, 3.8) is 0 Å². The monoisotopic (exact) mass is 568 g/mol. The predicted octanol–water partition coefficient (Wildman–Crippen LogP) is 5.77. The molecule has 1 fully saturated rings.